The van der Waals surface area contributed by atoms with Crippen LogP contribution in [0.1, 0.15) is 25.7 Å². The second kappa shape index (κ2) is 6.16. The van der Waals surface area contributed by atoms with Crippen molar-refractivity contribution in [1.29, 1.82) is 0 Å². The molecule has 0 saturated heterocycles. The third-order valence-corrected chi connectivity index (χ3v) is 1.65. The van der Waals surface area contributed by atoms with Crippen molar-refractivity contribution < 1.29 is 24.6 Å². The van der Waals surface area contributed by atoms with Gasteiger partial charge in [0.15, 0.2) is 0 Å². The molecule has 0 aliphatic rings. The van der Waals surface area contributed by atoms with E-state index in [1.807, 2.05) is 0 Å². The maximum absolute atomic E-state index is 10.3. The van der Waals surface area contributed by atoms with Gasteiger partial charge >= 0.3 is 11.9 Å². The highest BCUT2D eigenvalue weighted by molar-refractivity contribution is 5.68. The molecule has 13 heavy (non-hydrogen) atoms. The molecule has 0 aromatic carbocycles. The van der Waals surface area contributed by atoms with Gasteiger partial charge in [0.25, 0.3) is 0 Å². The zero-order valence-corrected chi connectivity index (χ0v) is 7.10. The number of carboxylic acid groups (broad SMARTS) is 2. The SMILES string of the molecule is O=CC(CCC(=O)O)CCC(=O)O. The molecule has 0 amide bonds. The Kier molecular flexibility index (Phi) is 5.50. The van der Waals surface area contributed by atoms with Crippen LogP contribution in [-0.2, 0) is 14.4 Å². The molecule has 0 bridgehead atoms. The van der Waals surface area contributed by atoms with Crippen molar-refractivity contribution in [3.05, 3.63) is 0 Å². The van der Waals surface area contributed by atoms with Gasteiger partial charge in [-0.25, -0.2) is 0 Å². The smallest absolute Gasteiger partial charge is 0.303 e. The van der Waals surface area contributed by atoms with Crippen LogP contribution in [0.5, 0.6) is 0 Å². The largest absolute Gasteiger partial charge is 0.481 e. The van der Waals surface area contributed by atoms with Crippen LogP contribution >= 0.6 is 0 Å². The van der Waals surface area contributed by atoms with Crippen molar-refractivity contribution in [1.82, 2.24) is 0 Å². The molecule has 74 valence electrons. The van der Waals surface area contributed by atoms with Crippen LogP contribution in [-0.4, -0.2) is 28.4 Å². The average molecular weight is 188 g/mol. The van der Waals surface area contributed by atoms with Crippen molar-refractivity contribution in [2.75, 3.05) is 0 Å². The first kappa shape index (κ1) is 11.6. The molecule has 0 rings (SSSR count). The highest BCUT2D eigenvalue weighted by Crippen LogP contribution is 2.10. The van der Waals surface area contributed by atoms with Crippen LogP contribution in [0.15, 0.2) is 0 Å². The topological polar surface area (TPSA) is 91.7 Å². The summed E-state index contributed by atoms with van der Waals surface area (Å²) in [5.74, 6) is -2.39. The molecule has 5 heteroatoms. The Morgan fingerprint density at radius 3 is 1.69 bits per heavy atom. The van der Waals surface area contributed by atoms with E-state index in [2.05, 4.69) is 0 Å². The normalized spacial score (nSPS) is 9.92. The van der Waals surface area contributed by atoms with Crippen LogP contribution in [0.3, 0.4) is 0 Å². The fourth-order valence-electron chi connectivity index (χ4n) is 0.898. The quantitative estimate of drug-likeness (QED) is 0.568. The molecule has 0 atom stereocenters. The number of carbonyl (C=O) groups excluding carboxylic acids is 1. The summed E-state index contributed by atoms with van der Waals surface area (Å²) in [4.78, 5) is 30.6. The van der Waals surface area contributed by atoms with Gasteiger partial charge in [-0.15, -0.1) is 0 Å². The Bertz CT molecular complexity index is 181. The lowest BCUT2D eigenvalue weighted by Crippen LogP contribution is -2.08. The lowest BCUT2D eigenvalue weighted by atomic mass is 9.99. The second-order valence-electron chi connectivity index (χ2n) is 2.76. The van der Waals surface area contributed by atoms with Crippen molar-refractivity contribution in [2.24, 2.45) is 5.92 Å². The molecule has 0 saturated carbocycles. The highest BCUT2D eigenvalue weighted by atomic mass is 16.4. The third-order valence-electron chi connectivity index (χ3n) is 1.65. The van der Waals surface area contributed by atoms with Crippen molar-refractivity contribution >= 4 is 18.2 Å². The molecule has 0 aliphatic heterocycles. The predicted molar refractivity (Wildman–Crippen MR) is 43.3 cm³/mol. The number of rotatable bonds is 7. The number of aldehydes is 1. The molecule has 0 heterocycles. The van der Waals surface area contributed by atoms with E-state index in [1.54, 1.807) is 0 Å². The van der Waals surface area contributed by atoms with Crippen LogP contribution < -0.4 is 0 Å². The molecule has 0 spiro atoms. The summed E-state index contributed by atoms with van der Waals surface area (Å²) >= 11 is 0. The highest BCUT2D eigenvalue weighted by Gasteiger charge is 2.11. The van der Waals surface area contributed by atoms with Gasteiger partial charge in [0.2, 0.25) is 0 Å². The van der Waals surface area contributed by atoms with E-state index in [-0.39, 0.29) is 25.7 Å². The number of hydrogen-bond acceptors (Lipinski definition) is 3. The maximum Gasteiger partial charge on any atom is 0.303 e. The Morgan fingerprint density at radius 1 is 1.08 bits per heavy atom. The first-order chi connectivity index (χ1) is 6.06. The van der Waals surface area contributed by atoms with Gasteiger partial charge in [-0.3, -0.25) is 9.59 Å². The first-order valence-corrected chi connectivity index (χ1v) is 3.95. The summed E-state index contributed by atoms with van der Waals surface area (Å²) < 4.78 is 0. The molecule has 0 unspecified atom stereocenters. The Labute approximate surface area is 75.4 Å². The molecule has 0 aromatic rings. The summed E-state index contributed by atoms with van der Waals surface area (Å²) in [6.45, 7) is 0. The van der Waals surface area contributed by atoms with Gasteiger partial charge in [0.1, 0.15) is 6.29 Å². The number of carbonyl (C=O) groups is 3. The van der Waals surface area contributed by atoms with Crippen LogP contribution in [0, 0.1) is 5.92 Å². The minimum atomic E-state index is -0.970. The van der Waals surface area contributed by atoms with Crippen LogP contribution in [0.25, 0.3) is 0 Å². The van der Waals surface area contributed by atoms with E-state index in [1.165, 1.54) is 0 Å². The van der Waals surface area contributed by atoms with Gasteiger partial charge in [0, 0.05) is 18.8 Å². The molecular weight excluding hydrogens is 176 g/mol. The lowest BCUT2D eigenvalue weighted by molar-refractivity contribution is -0.137. The summed E-state index contributed by atoms with van der Waals surface area (Å²) in [6.07, 6.45) is 0.857. The van der Waals surface area contributed by atoms with Gasteiger partial charge < -0.3 is 15.0 Å². The molecular formula is C8H12O5. The second-order valence-corrected chi connectivity index (χ2v) is 2.76. The molecule has 0 radical (unpaired) electrons. The third kappa shape index (κ3) is 6.99. The number of aliphatic carboxylic acids is 2. The van der Waals surface area contributed by atoms with Crippen molar-refractivity contribution in [2.45, 2.75) is 25.7 Å². The van der Waals surface area contributed by atoms with E-state index < -0.39 is 17.9 Å². The van der Waals surface area contributed by atoms with E-state index in [0.29, 0.717) is 6.29 Å². The van der Waals surface area contributed by atoms with Crippen LogP contribution in [0.2, 0.25) is 0 Å². The van der Waals surface area contributed by atoms with Gasteiger partial charge in [-0.05, 0) is 12.8 Å². The molecule has 5 nitrogen and oxygen atoms in total. The summed E-state index contributed by atoms with van der Waals surface area (Å²) in [7, 11) is 0. The molecule has 0 aromatic heterocycles. The minimum absolute atomic E-state index is 0.0942. The summed E-state index contributed by atoms with van der Waals surface area (Å²) in [5.41, 5.74) is 0. The molecule has 0 aliphatic carbocycles. The molecule has 2 N–H and O–H groups in total. The van der Waals surface area contributed by atoms with Crippen molar-refractivity contribution in [3.63, 3.8) is 0 Å². The van der Waals surface area contributed by atoms with Gasteiger partial charge in [0.05, 0.1) is 0 Å². The summed E-state index contributed by atoms with van der Waals surface area (Å²) in [6, 6.07) is 0. The fourth-order valence-corrected chi connectivity index (χ4v) is 0.898. The van der Waals surface area contributed by atoms with Crippen molar-refractivity contribution in [3.8, 4) is 0 Å². The Hall–Kier alpha value is -1.39. The Morgan fingerprint density at radius 2 is 1.46 bits per heavy atom. The van der Waals surface area contributed by atoms with Gasteiger partial charge in [-0.1, -0.05) is 0 Å². The van der Waals surface area contributed by atoms with E-state index in [4.69, 9.17) is 10.2 Å². The number of hydrogen-bond donors (Lipinski definition) is 2. The van der Waals surface area contributed by atoms with E-state index in [0.717, 1.165) is 0 Å². The Balaban J connectivity index is 3.69. The molecule has 0 fully saturated rings. The standard InChI is InChI=1S/C8H12O5/c9-5-6(1-3-7(10)11)2-4-8(12)13/h5-6H,1-4H2,(H,10,11)(H,12,13). The average Bonchev–Trinajstić information content (AvgIpc) is 2.04. The van der Waals surface area contributed by atoms with Gasteiger partial charge in [-0.2, -0.15) is 0 Å². The lowest BCUT2D eigenvalue weighted by Gasteiger charge is -2.05. The van der Waals surface area contributed by atoms with E-state index in [9.17, 15) is 14.4 Å². The monoisotopic (exact) mass is 188 g/mol. The fraction of sp³-hybridized carbons (Fsp3) is 0.625. The minimum Gasteiger partial charge on any atom is -0.481 e. The zero-order chi connectivity index (χ0) is 10.3. The predicted octanol–water partition coefficient (Wildman–Crippen LogP) is 0.531. The summed E-state index contributed by atoms with van der Waals surface area (Å²) in [5, 5.41) is 16.6. The maximum atomic E-state index is 10.3. The van der Waals surface area contributed by atoms with E-state index >= 15 is 0 Å². The van der Waals surface area contributed by atoms with Crippen LogP contribution in [0.4, 0.5) is 0 Å². The number of carboxylic acids is 2. The zero-order valence-electron chi connectivity index (χ0n) is 7.10. The first-order valence-electron chi connectivity index (χ1n) is 3.95.